The topological polar surface area (TPSA) is 58.6 Å². The van der Waals surface area contributed by atoms with E-state index in [-0.39, 0.29) is 4.87 Å². The second-order valence-electron chi connectivity index (χ2n) is 3.65. The van der Waals surface area contributed by atoms with E-state index in [0.29, 0.717) is 10.8 Å². The molecule has 6 heteroatoms. The summed E-state index contributed by atoms with van der Waals surface area (Å²) in [5.41, 5.74) is 1.85. The van der Waals surface area contributed by atoms with Crippen LogP contribution in [0.5, 0.6) is 0 Å². The van der Waals surface area contributed by atoms with Crippen LogP contribution in [0.1, 0.15) is 5.56 Å². The molecule has 0 saturated carbocycles. The molecule has 0 aliphatic rings. The minimum Gasteiger partial charge on any atom is -0.297 e. The van der Waals surface area contributed by atoms with Gasteiger partial charge in [0, 0.05) is 5.75 Å². The first-order valence-electron chi connectivity index (χ1n) is 5.34. The fraction of sp³-hybridized carbons (Fsp3) is 0.0833. The molecule has 0 saturated heterocycles. The van der Waals surface area contributed by atoms with Gasteiger partial charge in [-0.25, -0.2) is 9.97 Å². The van der Waals surface area contributed by atoms with Crippen LogP contribution in [-0.4, -0.2) is 15.0 Å². The highest BCUT2D eigenvalue weighted by molar-refractivity contribution is 7.98. The number of aromatic nitrogens is 3. The molecule has 3 aromatic rings. The smallest absolute Gasteiger partial charge is 0.297 e. The van der Waals surface area contributed by atoms with Crippen molar-refractivity contribution in [2.24, 2.45) is 0 Å². The number of hydrogen-bond donors (Lipinski definition) is 1. The molecule has 1 aromatic carbocycles. The average molecular weight is 275 g/mol. The monoisotopic (exact) mass is 275 g/mol. The lowest BCUT2D eigenvalue weighted by molar-refractivity contribution is 0.992. The summed E-state index contributed by atoms with van der Waals surface area (Å²) < 4.78 is 0.795. The van der Waals surface area contributed by atoms with E-state index in [1.165, 1.54) is 5.56 Å². The van der Waals surface area contributed by atoms with Crippen LogP contribution in [0.15, 0.2) is 46.5 Å². The van der Waals surface area contributed by atoms with Gasteiger partial charge in [0.1, 0.15) is 0 Å². The third-order valence-electron chi connectivity index (χ3n) is 2.37. The summed E-state index contributed by atoms with van der Waals surface area (Å²) >= 11 is 2.69. The molecule has 0 bridgehead atoms. The first-order chi connectivity index (χ1) is 8.81. The Hall–Kier alpha value is -1.66. The molecule has 2 heterocycles. The number of benzene rings is 1. The molecule has 0 fully saturated rings. The lowest BCUT2D eigenvalue weighted by Gasteiger charge is -1.99. The molecule has 0 aliphatic heterocycles. The summed E-state index contributed by atoms with van der Waals surface area (Å²) in [6.07, 6.45) is 1.69. The highest BCUT2D eigenvalue weighted by Gasteiger charge is 2.04. The lowest BCUT2D eigenvalue weighted by Crippen LogP contribution is -1.92. The standard InChI is InChI=1S/C12H9N3OS2/c16-12-15-10-9(18-12)6-13-11(14-10)17-7-8-4-2-1-3-5-8/h1-6H,7H2,(H,13,14,15,16). The third kappa shape index (κ3) is 2.44. The molecule has 18 heavy (non-hydrogen) atoms. The highest BCUT2D eigenvalue weighted by atomic mass is 32.2. The minimum atomic E-state index is -0.0930. The van der Waals surface area contributed by atoms with Gasteiger partial charge in [-0.15, -0.1) is 0 Å². The van der Waals surface area contributed by atoms with E-state index in [9.17, 15) is 4.79 Å². The van der Waals surface area contributed by atoms with E-state index < -0.39 is 0 Å². The molecule has 0 aliphatic carbocycles. The Balaban J connectivity index is 1.80. The van der Waals surface area contributed by atoms with E-state index in [4.69, 9.17) is 0 Å². The minimum absolute atomic E-state index is 0.0930. The summed E-state index contributed by atoms with van der Waals surface area (Å²) in [7, 11) is 0. The maximum Gasteiger partial charge on any atom is 0.306 e. The number of H-pyrrole nitrogens is 1. The van der Waals surface area contributed by atoms with Gasteiger partial charge in [-0.2, -0.15) is 0 Å². The van der Waals surface area contributed by atoms with Crippen LogP contribution >= 0.6 is 23.1 Å². The zero-order valence-electron chi connectivity index (χ0n) is 9.29. The SMILES string of the molecule is O=c1[nH]c2nc(SCc3ccccc3)ncc2s1. The van der Waals surface area contributed by atoms with Crippen LogP contribution in [0.2, 0.25) is 0 Å². The van der Waals surface area contributed by atoms with Gasteiger partial charge in [0.2, 0.25) is 0 Å². The summed E-state index contributed by atoms with van der Waals surface area (Å²) in [5.74, 6) is 0.820. The quantitative estimate of drug-likeness (QED) is 0.590. The van der Waals surface area contributed by atoms with Gasteiger partial charge in [-0.3, -0.25) is 9.78 Å². The number of rotatable bonds is 3. The van der Waals surface area contributed by atoms with E-state index in [2.05, 4.69) is 27.1 Å². The Labute approximate surface area is 111 Å². The maximum atomic E-state index is 11.2. The molecule has 3 rings (SSSR count). The first-order valence-corrected chi connectivity index (χ1v) is 7.14. The predicted octanol–water partition coefficient (Wildman–Crippen LogP) is 2.67. The largest absolute Gasteiger partial charge is 0.306 e. The van der Waals surface area contributed by atoms with Crippen molar-refractivity contribution in [1.82, 2.24) is 15.0 Å². The predicted molar refractivity (Wildman–Crippen MR) is 74.0 cm³/mol. The van der Waals surface area contributed by atoms with Crippen molar-refractivity contribution >= 4 is 33.4 Å². The summed E-state index contributed by atoms with van der Waals surface area (Å²) in [5, 5.41) is 0.681. The molecule has 2 aromatic heterocycles. The van der Waals surface area contributed by atoms with Gasteiger partial charge in [0.05, 0.1) is 10.9 Å². The summed E-state index contributed by atoms with van der Waals surface area (Å²) in [6.45, 7) is 0. The van der Waals surface area contributed by atoms with Gasteiger partial charge in [-0.05, 0) is 5.56 Å². The number of hydrogen-bond acceptors (Lipinski definition) is 5. The Morgan fingerprint density at radius 1 is 1.28 bits per heavy atom. The van der Waals surface area contributed by atoms with Crippen LogP contribution in [0.25, 0.3) is 10.3 Å². The normalized spacial score (nSPS) is 10.9. The van der Waals surface area contributed by atoms with Crippen molar-refractivity contribution in [3.8, 4) is 0 Å². The molecule has 0 atom stereocenters. The Morgan fingerprint density at radius 2 is 2.11 bits per heavy atom. The second-order valence-corrected chi connectivity index (χ2v) is 5.61. The Kier molecular flexibility index (Phi) is 3.12. The molecule has 0 unspecified atom stereocenters. The maximum absolute atomic E-state index is 11.2. The van der Waals surface area contributed by atoms with E-state index in [0.717, 1.165) is 21.8 Å². The molecule has 0 spiro atoms. The molecule has 4 nitrogen and oxygen atoms in total. The van der Waals surface area contributed by atoms with Gasteiger partial charge < -0.3 is 0 Å². The molecule has 0 radical (unpaired) electrons. The van der Waals surface area contributed by atoms with Crippen molar-refractivity contribution in [1.29, 1.82) is 0 Å². The fourth-order valence-corrected chi connectivity index (χ4v) is 2.95. The van der Waals surface area contributed by atoms with Gasteiger partial charge in [0.15, 0.2) is 10.8 Å². The number of nitrogens with zero attached hydrogens (tertiary/aromatic N) is 2. The van der Waals surface area contributed by atoms with Gasteiger partial charge >= 0.3 is 4.87 Å². The number of nitrogens with one attached hydrogen (secondary N) is 1. The Bertz CT molecular complexity index is 721. The van der Waals surface area contributed by atoms with Crippen molar-refractivity contribution < 1.29 is 0 Å². The van der Waals surface area contributed by atoms with Crippen LogP contribution in [0.3, 0.4) is 0 Å². The van der Waals surface area contributed by atoms with Gasteiger partial charge in [0.25, 0.3) is 0 Å². The zero-order valence-corrected chi connectivity index (χ0v) is 10.9. The molecular weight excluding hydrogens is 266 g/mol. The van der Waals surface area contributed by atoms with Crippen LogP contribution in [0.4, 0.5) is 0 Å². The summed E-state index contributed by atoms with van der Waals surface area (Å²) in [6, 6.07) is 10.1. The van der Waals surface area contributed by atoms with Crippen LogP contribution < -0.4 is 4.87 Å². The number of thioether (sulfide) groups is 1. The molecule has 1 N–H and O–H groups in total. The number of aromatic amines is 1. The fourth-order valence-electron chi connectivity index (χ4n) is 1.53. The number of thiazole rings is 1. The van der Waals surface area contributed by atoms with E-state index in [1.54, 1.807) is 18.0 Å². The number of fused-ring (bicyclic) bond motifs is 1. The van der Waals surface area contributed by atoms with Gasteiger partial charge in [-0.1, -0.05) is 53.4 Å². The average Bonchev–Trinajstić information content (AvgIpc) is 2.77. The van der Waals surface area contributed by atoms with Crippen molar-refractivity contribution in [2.45, 2.75) is 10.9 Å². The van der Waals surface area contributed by atoms with Crippen molar-refractivity contribution in [3.05, 3.63) is 51.8 Å². The van der Waals surface area contributed by atoms with Crippen LogP contribution in [0, 0.1) is 0 Å². The van der Waals surface area contributed by atoms with Crippen molar-refractivity contribution in [3.63, 3.8) is 0 Å². The van der Waals surface area contributed by atoms with Crippen molar-refractivity contribution in [2.75, 3.05) is 0 Å². The first kappa shape index (κ1) is 11.4. The highest BCUT2D eigenvalue weighted by Crippen LogP contribution is 2.21. The van der Waals surface area contributed by atoms with E-state index >= 15 is 0 Å². The third-order valence-corrected chi connectivity index (χ3v) is 4.11. The molecular formula is C12H9N3OS2. The van der Waals surface area contributed by atoms with E-state index in [1.807, 2.05) is 18.2 Å². The molecule has 90 valence electrons. The lowest BCUT2D eigenvalue weighted by atomic mass is 10.2. The van der Waals surface area contributed by atoms with Crippen LogP contribution in [-0.2, 0) is 5.75 Å². The Morgan fingerprint density at radius 3 is 2.94 bits per heavy atom. The zero-order chi connectivity index (χ0) is 12.4. The molecule has 0 amide bonds. The second kappa shape index (κ2) is 4.91. The summed E-state index contributed by atoms with van der Waals surface area (Å²) in [4.78, 5) is 22.3.